The molecule has 0 aliphatic carbocycles. The van der Waals surface area contributed by atoms with Crippen LogP contribution in [0, 0.1) is 5.92 Å². The molecule has 0 unspecified atom stereocenters. The molecule has 0 spiro atoms. The number of methoxy groups -OCH3 is 1. The number of ether oxygens (including phenoxy) is 1. The summed E-state index contributed by atoms with van der Waals surface area (Å²) in [5.41, 5.74) is 2.54. The Labute approximate surface area is 127 Å². The van der Waals surface area contributed by atoms with Crippen molar-refractivity contribution >= 4 is 0 Å². The topological polar surface area (TPSA) is 39.1 Å². The first-order chi connectivity index (χ1) is 10.2. The fourth-order valence-electron chi connectivity index (χ4n) is 2.16. The zero-order valence-electron chi connectivity index (χ0n) is 13.2. The first-order valence-electron chi connectivity index (χ1n) is 7.52. The third-order valence-electron chi connectivity index (χ3n) is 3.36. The summed E-state index contributed by atoms with van der Waals surface area (Å²) >= 11 is 0. The van der Waals surface area contributed by atoms with E-state index in [1.165, 1.54) is 11.1 Å². The number of aryl methyl sites for hydroxylation is 2. The molecule has 4 heteroatoms. The van der Waals surface area contributed by atoms with Crippen LogP contribution in [0.5, 0.6) is 5.75 Å². The van der Waals surface area contributed by atoms with Crippen LogP contribution in [0.25, 0.3) is 0 Å². The van der Waals surface area contributed by atoms with Gasteiger partial charge in [-0.2, -0.15) is 5.10 Å². The lowest BCUT2D eigenvalue weighted by Crippen LogP contribution is -2.18. The maximum Gasteiger partial charge on any atom is 0.118 e. The molecule has 0 radical (unpaired) electrons. The summed E-state index contributed by atoms with van der Waals surface area (Å²) < 4.78 is 7.18. The van der Waals surface area contributed by atoms with Crippen LogP contribution in [0.3, 0.4) is 0 Å². The Kier molecular flexibility index (Phi) is 5.81. The number of hydrogen-bond acceptors (Lipinski definition) is 3. The number of nitrogens with one attached hydrogen (secondary N) is 1. The van der Waals surface area contributed by atoms with Gasteiger partial charge in [0.25, 0.3) is 0 Å². The third kappa shape index (κ3) is 5.23. The molecule has 0 fully saturated rings. The minimum atomic E-state index is 0.676. The first kappa shape index (κ1) is 15.6. The molecule has 1 aromatic heterocycles. The van der Waals surface area contributed by atoms with Crippen LogP contribution in [0.15, 0.2) is 36.7 Å². The molecular weight excluding hydrogens is 262 g/mol. The van der Waals surface area contributed by atoms with E-state index in [-0.39, 0.29) is 0 Å². The summed E-state index contributed by atoms with van der Waals surface area (Å²) in [5, 5.41) is 7.85. The predicted molar refractivity (Wildman–Crippen MR) is 85.5 cm³/mol. The van der Waals surface area contributed by atoms with Gasteiger partial charge in [0.15, 0.2) is 0 Å². The maximum atomic E-state index is 5.17. The molecule has 2 aromatic rings. The van der Waals surface area contributed by atoms with Gasteiger partial charge >= 0.3 is 0 Å². The van der Waals surface area contributed by atoms with Crippen LogP contribution in [-0.4, -0.2) is 23.4 Å². The molecule has 21 heavy (non-hydrogen) atoms. The SMILES string of the molecule is COc1ccc(CCn2cc(CNCC(C)C)cn2)cc1. The Bertz CT molecular complexity index is 531. The van der Waals surface area contributed by atoms with E-state index in [1.54, 1.807) is 7.11 Å². The van der Waals surface area contributed by atoms with Gasteiger partial charge in [-0.05, 0) is 36.6 Å². The minimum absolute atomic E-state index is 0.676. The summed E-state index contributed by atoms with van der Waals surface area (Å²) in [7, 11) is 1.69. The number of benzene rings is 1. The second kappa shape index (κ2) is 7.84. The molecule has 0 aliphatic heterocycles. The van der Waals surface area contributed by atoms with Gasteiger partial charge in [0.05, 0.1) is 13.3 Å². The van der Waals surface area contributed by atoms with Gasteiger partial charge in [-0.15, -0.1) is 0 Å². The van der Waals surface area contributed by atoms with Gasteiger partial charge in [0.1, 0.15) is 5.75 Å². The highest BCUT2D eigenvalue weighted by atomic mass is 16.5. The highest BCUT2D eigenvalue weighted by Gasteiger charge is 2.01. The quantitative estimate of drug-likeness (QED) is 0.811. The molecule has 0 bridgehead atoms. The molecule has 114 valence electrons. The molecule has 4 nitrogen and oxygen atoms in total. The van der Waals surface area contributed by atoms with Crippen molar-refractivity contribution in [2.24, 2.45) is 5.92 Å². The molecule has 1 N–H and O–H groups in total. The van der Waals surface area contributed by atoms with Crippen molar-refractivity contribution in [1.82, 2.24) is 15.1 Å². The molecule has 1 aromatic carbocycles. The van der Waals surface area contributed by atoms with E-state index in [2.05, 4.69) is 42.6 Å². The smallest absolute Gasteiger partial charge is 0.118 e. The van der Waals surface area contributed by atoms with Crippen molar-refractivity contribution in [1.29, 1.82) is 0 Å². The molecule has 0 saturated carbocycles. The van der Waals surface area contributed by atoms with Gasteiger partial charge < -0.3 is 10.1 Å². The summed E-state index contributed by atoms with van der Waals surface area (Å²) in [6.45, 7) is 7.25. The Morgan fingerprint density at radius 3 is 2.62 bits per heavy atom. The minimum Gasteiger partial charge on any atom is -0.497 e. The Morgan fingerprint density at radius 1 is 1.19 bits per heavy atom. The third-order valence-corrected chi connectivity index (χ3v) is 3.36. The lowest BCUT2D eigenvalue weighted by atomic mass is 10.1. The first-order valence-corrected chi connectivity index (χ1v) is 7.52. The monoisotopic (exact) mass is 287 g/mol. The largest absolute Gasteiger partial charge is 0.497 e. The Morgan fingerprint density at radius 2 is 1.95 bits per heavy atom. The van der Waals surface area contributed by atoms with Crippen molar-refractivity contribution in [3.8, 4) is 5.75 Å². The van der Waals surface area contributed by atoms with Gasteiger partial charge in [-0.3, -0.25) is 4.68 Å². The van der Waals surface area contributed by atoms with Crippen molar-refractivity contribution in [3.05, 3.63) is 47.8 Å². The van der Waals surface area contributed by atoms with Crippen LogP contribution in [0.2, 0.25) is 0 Å². The van der Waals surface area contributed by atoms with Crippen LogP contribution in [-0.2, 0) is 19.5 Å². The lowest BCUT2D eigenvalue weighted by molar-refractivity contribution is 0.414. The van der Waals surface area contributed by atoms with Crippen molar-refractivity contribution in [2.45, 2.75) is 33.4 Å². The zero-order valence-corrected chi connectivity index (χ0v) is 13.2. The fraction of sp³-hybridized carbons (Fsp3) is 0.471. The van der Waals surface area contributed by atoms with Gasteiger partial charge in [-0.25, -0.2) is 0 Å². The average molecular weight is 287 g/mol. The van der Waals surface area contributed by atoms with Crippen LogP contribution in [0.4, 0.5) is 0 Å². The van der Waals surface area contributed by atoms with E-state index in [9.17, 15) is 0 Å². The predicted octanol–water partition coefficient (Wildman–Crippen LogP) is 2.88. The van der Waals surface area contributed by atoms with Gasteiger partial charge in [-0.1, -0.05) is 26.0 Å². The standard InChI is InChI=1S/C17H25N3O/c1-14(2)10-18-11-16-12-19-20(13-16)9-8-15-4-6-17(21-3)7-5-15/h4-7,12-14,18H,8-11H2,1-3H3. The molecule has 0 amide bonds. The second-order valence-corrected chi connectivity index (χ2v) is 5.73. The van der Waals surface area contributed by atoms with E-state index in [0.29, 0.717) is 5.92 Å². The van der Waals surface area contributed by atoms with Gasteiger partial charge in [0, 0.05) is 24.8 Å². The summed E-state index contributed by atoms with van der Waals surface area (Å²) in [5.74, 6) is 1.58. The van der Waals surface area contributed by atoms with E-state index in [0.717, 1.165) is 31.8 Å². The number of hydrogen-bond donors (Lipinski definition) is 1. The van der Waals surface area contributed by atoms with Crippen LogP contribution >= 0.6 is 0 Å². The number of rotatable bonds is 8. The van der Waals surface area contributed by atoms with Crippen LogP contribution in [0.1, 0.15) is 25.0 Å². The zero-order chi connectivity index (χ0) is 15.1. The highest BCUT2D eigenvalue weighted by molar-refractivity contribution is 5.27. The molecule has 0 aliphatic rings. The van der Waals surface area contributed by atoms with Crippen molar-refractivity contribution in [3.63, 3.8) is 0 Å². The maximum absolute atomic E-state index is 5.17. The molecular formula is C17H25N3O. The van der Waals surface area contributed by atoms with Gasteiger partial charge in [0.2, 0.25) is 0 Å². The van der Waals surface area contributed by atoms with E-state index >= 15 is 0 Å². The van der Waals surface area contributed by atoms with Crippen molar-refractivity contribution < 1.29 is 4.74 Å². The van der Waals surface area contributed by atoms with Crippen LogP contribution < -0.4 is 10.1 Å². The lowest BCUT2D eigenvalue weighted by Gasteiger charge is -2.05. The number of nitrogens with zero attached hydrogens (tertiary/aromatic N) is 2. The van der Waals surface area contributed by atoms with Crippen molar-refractivity contribution in [2.75, 3.05) is 13.7 Å². The second-order valence-electron chi connectivity index (χ2n) is 5.73. The normalized spacial score (nSPS) is 11.0. The molecule has 2 rings (SSSR count). The molecule has 0 atom stereocenters. The summed E-state index contributed by atoms with van der Waals surface area (Å²) in [6, 6.07) is 8.21. The van der Waals surface area contributed by atoms with E-state index in [4.69, 9.17) is 4.74 Å². The molecule has 0 saturated heterocycles. The fourth-order valence-corrected chi connectivity index (χ4v) is 2.16. The van der Waals surface area contributed by atoms with E-state index < -0.39 is 0 Å². The average Bonchev–Trinajstić information content (AvgIpc) is 2.93. The van der Waals surface area contributed by atoms with E-state index in [1.807, 2.05) is 23.0 Å². The Hall–Kier alpha value is -1.81. The highest BCUT2D eigenvalue weighted by Crippen LogP contribution is 2.12. The Balaban J connectivity index is 1.79. The number of aromatic nitrogens is 2. The molecule has 1 heterocycles. The summed E-state index contributed by atoms with van der Waals surface area (Å²) in [4.78, 5) is 0. The summed E-state index contributed by atoms with van der Waals surface area (Å²) in [6.07, 6.45) is 5.04.